The van der Waals surface area contributed by atoms with Crippen LogP contribution in [0.5, 0.6) is 0 Å². The van der Waals surface area contributed by atoms with Gasteiger partial charge in [0.15, 0.2) is 5.11 Å². The van der Waals surface area contributed by atoms with Gasteiger partial charge in [0.25, 0.3) is 0 Å². The Kier molecular flexibility index (Phi) is 4.95. The zero-order valence-electron chi connectivity index (χ0n) is 13.4. The number of thiocarbonyl (C=S) groups is 1. The average Bonchev–Trinajstić information content (AvgIpc) is 3.22. The van der Waals surface area contributed by atoms with E-state index in [9.17, 15) is 0 Å². The molecule has 0 amide bonds. The molecule has 0 saturated heterocycles. The van der Waals surface area contributed by atoms with Crippen LogP contribution in [0.4, 0.5) is 17.3 Å². The molecule has 3 aromatic rings. The van der Waals surface area contributed by atoms with Crippen molar-refractivity contribution in [3.63, 3.8) is 0 Å². The average molecular weight is 422 g/mol. The highest BCUT2D eigenvalue weighted by atomic mass is 35.5. The van der Waals surface area contributed by atoms with Crippen molar-refractivity contribution >= 4 is 69.4 Å². The molecule has 132 valence electrons. The van der Waals surface area contributed by atoms with Crippen LogP contribution in [0, 0.1) is 0 Å². The molecule has 1 aromatic heterocycles. The first-order valence-electron chi connectivity index (χ1n) is 7.81. The molecule has 1 aliphatic heterocycles. The number of aromatic nitrogens is 2. The Morgan fingerprint density at radius 3 is 2.38 bits per heavy atom. The molecule has 0 saturated carbocycles. The molecule has 0 radical (unpaired) electrons. The predicted octanol–water partition coefficient (Wildman–Crippen LogP) is 4.70. The molecule has 26 heavy (non-hydrogen) atoms. The summed E-state index contributed by atoms with van der Waals surface area (Å²) in [7, 11) is 0. The van der Waals surface area contributed by atoms with E-state index in [-0.39, 0.29) is 0 Å². The first kappa shape index (κ1) is 17.5. The fraction of sp³-hybridized carbons (Fsp3) is 0.118. The fourth-order valence-corrected chi connectivity index (χ4v) is 3.90. The van der Waals surface area contributed by atoms with Crippen LogP contribution in [-0.2, 0) is 6.54 Å². The molecular formula is C17H13Cl2N5S2. The van der Waals surface area contributed by atoms with E-state index in [1.807, 2.05) is 53.4 Å². The highest BCUT2D eigenvalue weighted by molar-refractivity contribution is 7.80. The molecule has 4 rings (SSSR count). The summed E-state index contributed by atoms with van der Waals surface area (Å²) < 4.78 is 6.60. The van der Waals surface area contributed by atoms with Crippen molar-refractivity contribution in [2.24, 2.45) is 4.99 Å². The molecule has 0 spiro atoms. The van der Waals surface area contributed by atoms with E-state index in [0.29, 0.717) is 15.2 Å². The number of fused-ring (bicyclic) bond motifs is 1. The van der Waals surface area contributed by atoms with Crippen LogP contribution < -0.4 is 15.0 Å². The second-order valence-electron chi connectivity index (χ2n) is 5.59. The maximum atomic E-state index is 5.92. The summed E-state index contributed by atoms with van der Waals surface area (Å²) in [4.78, 5) is 7.46. The molecule has 0 unspecified atom stereocenters. The molecule has 5 nitrogen and oxygen atoms in total. The summed E-state index contributed by atoms with van der Waals surface area (Å²) in [5, 5.41) is 5.20. The van der Waals surface area contributed by atoms with Crippen LogP contribution >= 0.6 is 47.0 Å². The van der Waals surface area contributed by atoms with Crippen molar-refractivity contribution in [2.45, 2.75) is 6.54 Å². The van der Waals surface area contributed by atoms with Gasteiger partial charge in [0.05, 0.1) is 5.69 Å². The van der Waals surface area contributed by atoms with Crippen molar-refractivity contribution in [3.8, 4) is 0 Å². The second-order valence-corrected chi connectivity index (χ2v) is 7.58. The molecule has 9 heteroatoms. The van der Waals surface area contributed by atoms with Crippen molar-refractivity contribution in [1.29, 1.82) is 0 Å². The summed E-state index contributed by atoms with van der Waals surface area (Å²) in [5.41, 5.74) is 1.73. The Balaban J connectivity index is 1.57. The number of hydrogen-bond donors (Lipinski definition) is 1. The summed E-state index contributed by atoms with van der Waals surface area (Å²) in [5.74, 6) is 0.800. The van der Waals surface area contributed by atoms with Crippen molar-refractivity contribution < 1.29 is 0 Å². The lowest BCUT2D eigenvalue weighted by molar-refractivity contribution is 0.772. The fourth-order valence-electron chi connectivity index (χ4n) is 2.58. The van der Waals surface area contributed by atoms with Gasteiger partial charge in [-0.05, 0) is 60.7 Å². The van der Waals surface area contributed by atoms with E-state index in [1.54, 1.807) is 0 Å². The van der Waals surface area contributed by atoms with Gasteiger partial charge >= 0.3 is 0 Å². The lowest BCUT2D eigenvalue weighted by Crippen LogP contribution is -2.33. The van der Waals surface area contributed by atoms with Crippen LogP contribution in [0.25, 0.3) is 0 Å². The number of nitrogens with one attached hydrogen (secondary N) is 1. The van der Waals surface area contributed by atoms with Gasteiger partial charge in [-0.3, -0.25) is 9.47 Å². The number of rotatable bonds is 2. The van der Waals surface area contributed by atoms with E-state index in [2.05, 4.69) is 19.2 Å². The normalized spacial score (nSPS) is 13.8. The molecule has 0 atom stereocenters. The first-order chi connectivity index (χ1) is 12.6. The minimum absolute atomic E-state index is 0.599. The van der Waals surface area contributed by atoms with E-state index < -0.39 is 0 Å². The first-order valence-corrected chi connectivity index (χ1v) is 9.75. The number of hydrogen-bond acceptors (Lipinski definition) is 4. The Hall–Kier alpha value is -1.93. The van der Waals surface area contributed by atoms with Crippen molar-refractivity contribution in [3.05, 3.63) is 63.4 Å². The van der Waals surface area contributed by atoms with Gasteiger partial charge in [0.2, 0.25) is 10.7 Å². The Bertz CT molecular complexity index is 1010. The van der Waals surface area contributed by atoms with Gasteiger partial charge in [-0.2, -0.15) is 4.37 Å². The number of halogens is 2. The lowest BCUT2D eigenvalue weighted by atomic mass is 10.3. The molecule has 0 bridgehead atoms. The number of benzene rings is 2. The maximum Gasteiger partial charge on any atom is 0.225 e. The SMILES string of the molecule is S=C(Nc1ccc(Cl)cc1)N1CCn2c1nsc2=Nc1ccc(Cl)cc1. The highest BCUT2D eigenvalue weighted by Gasteiger charge is 2.25. The van der Waals surface area contributed by atoms with Gasteiger partial charge < -0.3 is 5.32 Å². The number of nitrogens with zero attached hydrogens (tertiary/aromatic N) is 4. The van der Waals surface area contributed by atoms with E-state index in [0.717, 1.165) is 35.2 Å². The van der Waals surface area contributed by atoms with Gasteiger partial charge in [-0.1, -0.05) is 23.2 Å². The summed E-state index contributed by atoms with van der Waals surface area (Å²) >= 11 is 18.7. The third-order valence-electron chi connectivity index (χ3n) is 3.86. The Labute approximate surface area is 169 Å². The number of anilines is 2. The van der Waals surface area contributed by atoms with Crippen molar-refractivity contribution in [1.82, 2.24) is 8.94 Å². The molecule has 2 heterocycles. The zero-order valence-corrected chi connectivity index (χ0v) is 16.5. The van der Waals surface area contributed by atoms with Crippen LogP contribution in [-0.4, -0.2) is 20.6 Å². The second kappa shape index (κ2) is 7.36. The van der Waals surface area contributed by atoms with Gasteiger partial charge in [0.1, 0.15) is 0 Å². The van der Waals surface area contributed by atoms with Crippen molar-refractivity contribution in [2.75, 3.05) is 16.8 Å². The van der Waals surface area contributed by atoms with Crippen LogP contribution in [0.15, 0.2) is 53.5 Å². The maximum absolute atomic E-state index is 5.92. The monoisotopic (exact) mass is 421 g/mol. The quantitative estimate of drug-likeness (QED) is 0.608. The van der Waals surface area contributed by atoms with Crippen LogP contribution in [0.2, 0.25) is 10.0 Å². The van der Waals surface area contributed by atoms with Gasteiger partial charge in [-0.15, -0.1) is 0 Å². The molecule has 2 aromatic carbocycles. The lowest BCUT2D eigenvalue weighted by Gasteiger charge is -2.18. The smallest absolute Gasteiger partial charge is 0.225 e. The Morgan fingerprint density at radius 2 is 1.69 bits per heavy atom. The van der Waals surface area contributed by atoms with Crippen LogP contribution in [0.1, 0.15) is 0 Å². The summed E-state index contributed by atoms with van der Waals surface area (Å²) in [6.45, 7) is 1.53. The molecule has 0 aliphatic carbocycles. The van der Waals surface area contributed by atoms with Gasteiger partial charge in [0, 0.05) is 40.4 Å². The predicted molar refractivity (Wildman–Crippen MR) is 112 cm³/mol. The third kappa shape index (κ3) is 3.61. The zero-order chi connectivity index (χ0) is 18.1. The van der Waals surface area contributed by atoms with E-state index in [1.165, 1.54) is 11.5 Å². The molecule has 1 N–H and O–H groups in total. The minimum atomic E-state index is 0.599. The molecule has 1 aliphatic rings. The standard InChI is InChI=1S/C17H13Cl2N5S2/c18-11-1-5-13(6-2-11)20-16(25)23-9-10-24-15(23)22-26-17(24)21-14-7-3-12(19)4-8-14/h1-8H,9-10H2,(H,20,25). The molecular weight excluding hydrogens is 409 g/mol. The van der Waals surface area contributed by atoms with E-state index in [4.69, 9.17) is 35.4 Å². The summed E-state index contributed by atoms with van der Waals surface area (Å²) in [6, 6.07) is 14.8. The molecule has 0 fully saturated rings. The third-order valence-corrected chi connectivity index (χ3v) is 5.42. The van der Waals surface area contributed by atoms with Crippen LogP contribution in [0.3, 0.4) is 0 Å². The highest BCUT2D eigenvalue weighted by Crippen LogP contribution is 2.21. The largest absolute Gasteiger partial charge is 0.332 e. The Morgan fingerprint density at radius 1 is 1.04 bits per heavy atom. The topological polar surface area (TPSA) is 45.5 Å². The van der Waals surface area contributed by atoms with Gasteiger partial charge in [-0.25, -0.2) is 4.99 Å². The van der Waals surface area contributed by atoms with E-state index >= 15 is 0 Å². The minimum Gasteiger partial charge on any atom is -0.332 e. The summed E-state index contributed by atoms with van der Waals surface area (Å²) in [6.07, 6.45) is 0.